The molecule has 26 heavy (non-hydrogen) atoms. The number of nitrogens with one attached hydrogen (secondary N) is 1. The highest BCUT2D eigenvalue weighted by Gasteiger charge is 2.22. The second kappa shape index (κ2) is 8.88. The molecule has 0 spiro atoms. The van der Waals surface area contributed by atoms with E-state index in [1.807, 2.05) is 19.2 Å². The van der Waals surface area contributed by atoms with Gasteiger partial charge < -0.3 is 24.3 Å². The maximum absolute atomic E-state index is 5.36. The van der Waals surface area contributed by atoms with E-state index in [1.54, 1.807) is 19.6 Å². The van der Waals surface area contributed by atoms with E-state index in [1.165, 1.54) is 0 Å². The lowest BCUT2D eigenvalue weighted by Gasteiger charge is -2.36. The van der Waals surface area contributed by atoms with Gasteiger partial charge in [0.25, 0.3) is 0 Å². The highest BCUT2D eigenvalue weighted by Crippen LogP contribution is 2.23. The van der Waals surface area contributed by atoms with Crippen molar-refractivity contribution in [2.75, 3.05) is 51.8 Å². The van der Waals surface area contributed by atoms with Crippen LogP contribution in [0.15, 0.2) is 38.5 Å². The molecule has 0 atom stereocenters. The zero-order chi connectivity index (χ0) is 18.4. The van der Waals surface area contributed by atoms with Crippen LogP contribution in [0.3, 0.4) is 0 Å². The van der Waals surface area contributed by atoms with E-state index in [0.29, 0.717) is 11.8 Å². The Morgan fingerprint density at radius 2 is 2.19 bits per heavy atom. The molecule has 0 radical (unpaired) electrons. The van der Waals surface area contributed by atoms with E-state index in [4.69, 9.17) is 9.15 Å². The number of halogens is 1. The number of rotatable bonds is 5. The first kappa shape index (κ1) is 18.5. The highest BCUT2D eigenvalue weighted by molar-refractivity contribution is 9.10. The van der Waals surface area contributed by atoms with E-state index >= 15 is 0 Å². The lowest BCUT2D eigenvalue weighted by Crippen LogP contribution is -2.53. The van der Waals surface area contributed by atoms with Crippen molar-refractivity contribution in [2.24, 2.45) is 4.99 Å². The molecule has 0 amide bonds. The SMILES string of the molecule is CN=C(NCCc1ccco1)N1CCN(c2ncc(Br)c(OC)n2)CC1. The van der Waals surface area contributed by atoms with Crippen molar-refractivity contribution in [1.29, 1.82) is 0 Å². The van der Waals surface area contributed by atoms with Gasteiger partial charge in [0.2, 0.25) is 11.8 Å². The van der Waals surface area contributed by atoms with Crippen LogP contribution >= 0.6 is 15.9 Å². The highest BCUT2D eigenvalue weighted by atomic mass is 79.9. The number of hydrogen-bond acceptors (Lipinski definition) is 6. The summed E-state index contributed by atoms with van der Waals surface area (Å²) < 4.78 is 11.4. The number of aliphatic imine (C=N–C) groups is 1. The molecule has 0 aliphatic carbocycles. The molecule has 0 unspecified atom stereocenters. The van der Waals surface area contributed by atoms with Crippen molar-refractivity contribution in [3.63, 3.8) is 0 Å². The Bertz CT molecular complexity index is 729. The Hall–Kier alpha value is -2.29. The van der Waals surface area contributed by atoms with Crippen LogP contribution in [0.4, 0.5) is 5.95 Å². The van der Waals surface area contributed by atoms with Crippen molar-refractivity contribution in [3.8, 4) is 5.88 Å². The molecule has 1 aliphatic heterocycles. The third-order valence-corrected chi connectivity index (χ3v) is 4.74. The summed E-state index contributed by atoms with van der Waals surface area (Å²) in [5.41, 5.74) is 0. The van der Waals surface area contributed by atoms with Gasteiger partial charge in [0.1, 0.15) is 5.76 Å². The Morgan fingerprint density at radius 3 is 2.85 bits per heavy atom. The van der Waals surface area contributed by atoms with Gasteiger partial charge in [0.15, 0.2) is 5.96 Å². The van der Waals surface area contributed by atoms with Crippen molar-refractivity contribution in [3.05, 3.63) is 34.8 Å². The summed E-state index contributed by atoms with van der Waals surface area (Å²) >= 11 is 3.38. The van der Waals surface area contributed by atoms with Gasteiger partial charge in [-0.3, -0.25) is 4.99 Å². The number of furan rings is 1. The first-order valence-corrected chi connectivity index (χ1v) is 9.30. The molecule has 1 N–H and O–H groups in total. The second-order valence-corrected chi connectivity index (χ2v) is 6.66. The fraction of sp³-hybridized carbons (Fsp3) is 0.471. The third-order valence-electron chi connectivity index (χ3n) is 4.20. The predicted octanol–water partition coefficient (Wildman–Crippen LogP) is 1.78. The number of aromatic nitrogens is 2. The van der Waals surface area contributed by atoms with Gasteiger partial charge in [-0.1, -0.05) is 0 Å². The van der Waals surface area contributed by atoms with Gasteiger partial charge in [-0.25, -0.2) is 4.98 Å². The number of nitrogens with zero attached hydrogens (tertiary/aromatic N) is 5. The molecule has 0 saturated carbocycles. The number of anilines is 1. The molecule has 9 heteroatoms. The zero-order valence-electron chi connectivity index (χ0n) is 15.0. The third kappa shape index (κ3) is 4.46. The minimum atomic E-state index is 0.549. The molecule has 2 aromatic rings. The summed E-state index contributed by atoms with van der Waals surface area (Å²) in [6.45, 7) is 4.13. The molecule has 3 rings (SSSR count). The van der Waals surface area contributed by atoms with E-state index < -0.39 is 0 Å². The van der Waals surface area contributed by atoms with Crippen molar-refractivity contribution in [1.82, 2.24) is 20.2 Å². The van der Waals surface area contributed by atoms with Gasteiger partial charge in [0.05, 0.1) is 24.0 Å². The Labute approximate surface area is 161 Å². The summed E-state index contributed by atoms with van der Waals surface area (Å²) in [4.78, 5) is 17.6. The molecule has 0 bridgehead atoms. The standard InChI is InChI=1S/C17H23BrN6O2/c1-19-16(20-6-5-13-4-3-11-26-13)23-7-9-24(10-8-23)17-21-12-14(18)15(22-17)25-2/h3-4,11-12H,5-10H2,1-2H3,(H,19,20). The topological polar surface area (TPSA) is 79.0 Å². The molecule has 140 valence electrons. The second-order valence-electron chi connectivity index (χ2n) is 5.80. The van der Waals surface area contributed by atoms with E-state index in [2.05, 4.69) is 46.0 Å². The molecule has 0 aromatic carbocycles. The van der Waals surface area contributed by atoms with Crippen LogP contribution in [0.25, 0.3) is 0 Å². The largest absolute Gasteiger partial charge is 0.480 e. The van der Waals surface area contributed by atoms with Crippen molar-refractivity contribution in [2.45, 2.75) is 6.42 Å². The van der Waals surface area contributed by atoms with Gasteiger partial charge in [0, 0.05) is 46.2 Å². The van der Waals surface area contributed by atoms with E-state index in [9.17, 15) is 0 Å². The molecule has 3 heterocycles. The van der Waals surface area contributed by atoms with Crippen LogP contribution in [-0.2, 0) is 6.42 Å². The predicted molar refractivity (Wildman–Crippen MR) is 104 cm³/mol. The Kier molecular flexibility index (Phi) is 6.32. The van der Waals surface area contributed by atoms with E-state index in [0.717, 1.165) is 55.3 Å². The fourth-order valence-corrected chi connectivity index (χ4v) is 3.19. The summed E-state index contributed by atoms with van der Waals surface area (Å²) in [5, 5.41) is 3.40. The lowest BCUT2D eigenvalue weighted by atomic mass is 10.3. The van der Waals surface area contributed by atoms with Crippen molar-refractivity contribution >= 4 is 27.8 Å². The average molecular weight is 423 g/mol. The summed E-state index contributed by atoms with van der Waals surface area (Å²) in [6, 6.07) is 3.89. The van der Waals surface area contributed by atoms with Gasteiger partial charge in [-0.05, 0) is 28.1 Å². The Balaban J connectivity index is 1.51. The van der Waals surface area contributed by atoms with Crippen molar-refractivity contribution < 1.29 is 9.15 Å². The first-order chi connectivity index (χ1) is 12.7. The van der Waals surface area contributed by atoms with Gasteiger partial charge in [-0.2, -0.15) is 4.98 Å². The maximum atomic E-state index is 5.36. The van der Waals surface area contributed by atoms with Gasteiger partial charge in [-0.15, -0.1) is 0 Å². The van der Waals surface area contributed by atoms with Crippen LogP contribution < -0.4 is 15.0 Å². The molecule has 1 fully saturated rings. The number of piperazine rings is 1. The monoisotopic (exact) mass is 422 g/mol. The first-order valence-electron chi connectivity index (χ1n) is 8.50. The molecule has 1 aliphatic rings. The molecule has 2 aromatic heterocycles. The van der Waals surface area contributed by atoms with Crippen LogP contribution in [-0.4, -0.2) is 67.7 Å². The quantitative estimate of drug-likeness (QED) is 0.580. The molecule has 1 saturated heterocycles. The zero-order valence-corrected chi connectivity index (χ0v) is 16.6. The molecular formula is C17H23BrN6O2. The number of ether oxygens (including phenoxy) is 1. The minimum Gasteiger partial charge on any atom is -0.480 e. The van der Waals surface area contributed by atoms with E-state index in [-0.39, 0.29) is 0 Å². The number of guanidine groups is 1. The maximum Gasteiger partial charge on any atom is 0.232 e. The molecular weight excluding hydrogens is 400 g/mol. The number of methoxy groups -OCH3 is 1. The lowest BCUT2D eigenvalue weighted by molar-refractivity contribution is 0.366. The normalized spacial score (nSPS) is 15.3. The van der Waals surface area contributed by atoms with Crippen LogP contribution in [0, 0.1) is 0 Å². The number of hydrogen-bond donors (Lipinski definition) is 1. The minimum absolute atomic E-state index is 0.549. The summed E-state index contributed by atoms with van der Waals surface area (Å²) in [5.74, 6) is 3.11. The summed E-state index contributed by atoms with van der Waals surface area (Å²) in [6.07, 6.45) is 4.25. The fourth-order valence-electron chi connectivity index (χ4n) is 2.84. The smallest absolute Gasteiger partial charge is 0.232 e. The van der Waals surface area contributed by atoms with Crippen LogP contribution in [0.1, 0.15) is 5.76 Å². The molecule has 8 nitrogen and oxygen atoms in total. The van der Waals surface area contributed by atoms with Crippen LogP contribution in [0.2, 0.25) is 0 Å². The Morgan fingerprint density at radius 1 is 1.38 bits per heavy atom. The summed E-state index contributed by atoms with van der Waals surface area (Å²) in [7, 11) is 3.41. The van der Waals surface area contributed by atoms with Gasteiger partial charge >= 0.3 is 0 Å². The average Bonchev–Trinajstić information content (AvgIpc) is 3.19. The van der Waals surface area contributed by atoms with Crippen LogP contribution in [0.5, 0.6) is 5.88 Å².